The Labute approximate surface area is 147 Å². The second kappa shape index (κ2) is 7.07. The van der Waals surface area contributed by atoms with Gasteiger partial charge in [-0.25, -0.2) is 9.18 Å². The number of ether oxygens (including phenoxy) is 2. The van der Waals surface area contributed by atoms with E-state index in [1.807, 2.05) is 0 Å². The van der Waals surface area contributed by atoms with Crippen molar-refractivity contribution in [3.63, 3.8) is 0 Å². The smallest absolute Gasteiger partial charge is 0.334 e. The van der Waals surface area contributed by atoms with Gasteiger partial charge in [-0.05, 0) is 19.1 Å². The zero-order chi connectivity index (χ0) is 18.1. The molecule has 1 aliphatic rings. The maximum Gasteiger partial charge on any atom is 0.334 e. The number of nitrogens with zero attached hydrogens (tertiary/aromatic N) is 1. The van der Waals surface area contributed by atoms with Crippen LogP contribution in [0.3, 0.4) is 0 Å². The average molecular weight is 367 g/mol. The maximum absolute atomic E-state index is 14.2. The Bertz CT molecular complexity index is 821. The van der Waals surface area contributed by atoms with Crippen molar-refractivity contribution in [3.8, 4) is 0 Å². The number of carboxylic acids is 1. The van der Waals surface area contributed by atoms with E-state index in [1.165, 1.54) is 29.4 Å². The Morgan fingerprint density at radius 2 is 2.20 bits per heavy atom. The Morgan fingerprint density at radius 1 is 1.44 bits per heavy atom. The second-order valence-corrected chi connectivity index (χ2v) is 6.99. The van der Waals surface area contributed by atoms with E-state index in [4.69, 9.17) is 9.47 Å². The van der Waals surface area contributed by atoms with Crippen LogP contribution in [0, 0.1) is 5.82 Å². The number of methoxy groups -OCH3 is 1. The van der Waals surface area contributed by atoms with Crippen molar-refractivity contribution in [2.45, 2.75) is 25.7 Å². The predicted octanol–water partition coefficient (Wildman–Crippen LogP) is 2.50. The molecular formula is C17H18FNO5S. The van der Waals surface area contributed by atoms with Gasteiger partial charge in [0.2, 0.25) is 0 Å². The van der Waals surface area contributed by atoms with Crippen molar-refractivity contribution in [2.75, 3.05) is 20.2 Å². The first-order valence-electron chi connectivity index (χ1n) is 7.78. The van der Waals surface area contributed by atoms with Gasteiger partial charge in [-0.2, -0.15) is 0 Å². The van der Waals surface area contributed by atoms with Gasteiger partial charge in [0.25, 0.3) is 5.91 Å². The van der Waals surface area contributed by atoms with Crippen molar-refractivity contribution in [1.29, 1.82) is 0 Å². The molecule has 0 aliphatic carbocycles. The van der Waals surface area contributed by atoms with Gasteiger partial charge >= 0.3 is 5.97 Å². The first-order valence-corrected chi connectivity index (χ1v) is 8.60. The molecule has 3 rings (SSSR count). The van der Waals surface area contributed by atoms with Gasteiger partial charge in [0.1, 0.15) is 5.82 Å². The molecule has 134 valence electrons. The van der Waals surface area contributed by atoms with E-state index in [-0.39, 0.29) is 25.6 Å². The molecule has 2 atom stereocenters. The summed E-state index contributed by atoms with van der Waals surface area (Å²) in [6.07, 6.45) is -1.46. The predicted molar refractivity (Wildman–Crippen MR) is 90.4 cm³/mol. The van der Waals surface area contributed by atoms with Crippen LogP contribution in [-0.2, 0) is 20.9 Å². The number of benzene rings is 1. The number of morpholine rings is 1. The van der Waals surface area contributed by atoms with Gasteiger partial charge in [-0.15, -0.1) is 11.3 Å². The molecule has 2 aromatic rings. The molecule has 1 saturated heterocycles. The average Bonchev–Trinajstić information content (AvgIpc) is 2.94. The lowest BCUT2D eigenvalue weighted by atomic mass is 10.1. The largest absolute Gasteiger partial charge is 0.479 e. The molecule has 0 saturated carbocycles. The molecule has 1 amide bonds. The Balaban J connectivity index is 2.00. The normalized spacial score (nSPS) is 20.8. The van der Waals surface area contributed by atoms with Gasteiger partial charge in [0.15, 0.2) is 6.10 Å². The van der Waals surface area contributed by atoms with Crippen LogP contribution < -0.4 is 0 Å². The van der Waals surface area contributed by atoms with Crippen LogP contribution in [0.15, 0.2) is 18.2 Å². The Morgan fingerprint density at radius 3 is 2.88 bits per heavy atom. The van der Waals surface area contributed by atoms with Crippen molar-refractivity contribution in [2.24, 2.45) is 0 Å². The molecule has 1 aromatic heterocycles. The first kappa shape index (κ1) is 17.8. The molecule has 8 heteroatoms. The van der Waals surface area contributed by atoms with E-state index in [9.17, 15) is 19.1 Å². The van der Waals surface area contributed by atoms with Gasteiger partial charge in [-0.3, -0.25) is 4.79 Å². The molecule has 6 nitrogen and oxygen atoms in total. The van der Waals surface area contributed by atoms with Gasteiger partial charge in [0.05, 0.1) is 24.1 Å². The molecule has 25 heavy (non-hydrogen) atoms. The van der Waals surface area contributed by atoms with E-state index in [1.54, 1.807) is 19.1 Å². The summed E-state index contributed by atoms with van der Waals surface area (Å²) in [5.74, 6) is -1.84. The lowest BCUT2D eigenvalue weighted by Crippen LogP contribution is -2.51. The lowest BCUT2D eigenvalue weighted by Gasteiger charge is -2.34. The number of rotatable bonds is 4. The van der Waals surface area contributed by atoms with E-state index < -0.39 is 24.0 Å². The molecule has 1 fully saturated rings. The van der Waals surface area contributed by atoms with E-state index >= 15 is 0 Å². The van der Waals surface area contributed by atoms with Crippen LogP contribution in [0.25, 0.3) is 10.1 Å². The van der Waals surface area contributed by atoms with E-state index in [0.29, 0.717) is 20.5 Å². The zero-order valence-corrected chi connectivity index (χ0v) is 14.6. The van der Waals surface area contributed by atoms with Crippen LogP contribution in [0.2, 0.25) is 0 Å². The van der Waals surface area contributed by atoms with Gasteiger partial charge in [-0.1, -0.05) is 6.07 Å². The van der Waals surface area contributed by atoms with Crippen molar-refractivity contribution in [3.05, 3.63) is 34.5 Å². The van der Waals surface area contributed by atoms with E-state index in [2.05, 4.69) is 0 Å². The summed E-state index contributed by atoms with van der Waals surface area (Å²) >= 11 is 1.19. The molecule has 1 aliphatic heterocycles. The Hall–Kier alpha value is -2.03. The molecule has 2 heterocycles. The molecule has 0 radical (unpaired) electrons. The monoisotopic (exact) mass is 367 g/mol. The highest BCUT2D eigenvalue weighted by Crippen LogP contribution is 2.35. The standard InChI is InChI=1S/C17H18FNO5S/c1-9-6-19(7-12(24-9)17(21)22)16(20)15-10(8-23-2)14-11(18)4-3-5-13(14)25-15/h3-5,9,12H,6-8H2,1-2H3,(H,21,22)/t9-,12?/m1/s1. The number of hydrogen-bond acceptors (Lipinski definition) is 5. The van der Waals surface area contributed by atoms with Crippen LogP contribution in [-0.4, -0.2) is 54.3 Å². The number of amides is 1. The number of thiophene rings is 1. The number of aliphatic carboxylic acids is 1. The third-order valence-electron chi connectivity index (χ3n) is 4.07. The summed E-state index contributed by atoms with van der Waals surface area (Å²) in [4.78, 5) is 26.1. The zero-order valence-electron chi connectivity index (χ0n) is 13.8. The third kappa shape index (κ3) is 3.37. The summed E-state index contributed by atoms with van der Waals surface area (Å²) in [7, 11) is 1.48. The second-order valence-electron chi connectivity index (χ2n) is 5.94. The number of fused-ring (bicyclic) bond motifs is 1. The SMILES string of the molecule is COCc1c(C(=O)N2CC(C(=O)O)O[C@H](C)C2)sc2cccc(F)c12. The molecular weight excluding hydrogens is 349 g/mol. The summed E-state index contributed by atoms with van der Waals surface area (Å²) in [6, 6.07) is 4.69. The lowest BCUT2D eigenvalue weighted by molar-refractivity contribution is -0.160. The first-order chi connectivity index (χ1) is 11.9. The van der Waals surface area contributed by atoms with Crippen LogP contribution in [0.1, 0.15) is 22.2 Å². The fourth-order valence-corrected chi connectivity index (χ4v) is 4.21. The van der Waals surface area contributed by atoms with Crippen LogP contribution in [0.4, 0.5) is 4.39 Å². The molecule has 1 N–H and O–H groups in total. The van der Waals surface area contributed by atoms with E-state index in [0.717, 1.165) is 0 Å². The molecule has 1 unspecified atom stereocenters. The highest BCUT2D eigenvalue weighted by molar-refractivity contribution is 7.21. The molecule has 0 spiro atoms. The summed E-state index contributed by atoms with van der Waals surface area (Å²) in [5, 5.41) is 9.57. The molecule has 1 aromatic carbocycles. The Kier molecular flexibility index (Phi) is 5.03. The maximum atomic E-state index is 14.2. The highest BCUT2D eigenvalue weighted by Gasteiger charge is 2.34. The van der Waals surface area contributed by atoms with Gasteiger partial charge < -0.3 is 19.5 Å². The minimum absolute atomic E-state index is 0.0400. The minimum Gasteiger partial charge on any atom is -0.479 e. The number of carbonyl (C=O) groups excluding carboxylic acids is 1. The number of carboxylic acid groups (broad SMARTS) is 1. The number of halogens is 1. The topological polar surface area (TPSA) is 76.1 Å². The summed E-state index contributed by atoms with van der Waals surface area (Å²) < 4.78 is 25.4. The number of hydrogen-bond donors (Lipinski definition) is 1. The fourth-order valence-electron chi connectivity index (χ4n) is 3.02. The van der Waals surface area contributed by atoms with Crippen LogP contribution >= 0.6 is 11.3 Å². The van der Waals surface area contributed by atoms with Gasteiger partial charge in [0, 0.05) is 29.3 Å². The van der Waals surface area contributed by atoms with Crippen molar-refractivity contribution >= 4 is 33.3 Å². The minimum atomic E-state index is -1.11. The van der Waals surface area contributed by atoms with Crippen LogP contribution in [0.5, 0.6) is 0 Å². The highest BCUT2D eigenvalue weighted by atomic mass is 32.1. The summed E-state index contributed by atoms with van der Waals surface area (Å²) in [5.41, 5.74) is 0.497. The number of carbonyl (C=O) groups is 2. The fraction of sp³-hybridized carbons (Fsp3) is 0.412. The quantitative estimate of drug-likeness (QED) is 0.899. The third-order valence-corrected chi connectivity index (χ3v) is 5.25. The van der Waals surface area contributed by atoms with Crippen molar-refractivity contribution < 1.29 is 28.6 Å². The summed E-state index contributed by atoms with van der Waals surface area (Å²) in [6.45, 7) is 2.06. The van der Waals surface area contributed by atoms with Crippen molar-refractivity contribution in [1.82, 2.24) is 4.90 Å². The molecule has 0 bridgehead atoms.